The Morgan fingerprint density at radius 1 is 1.15 bits per heavy atom. The summed E-state index contributed by atoms with van der Waals surface area (Å²) in [5, 5.41) is 14.0. The molecule has 2 aromatic rings. The van der Waals surface area contributed by atoms with Gasteiger partial charge in [-0.3, -0.25) is 10.1 Å². The zero-order valence-electron chi connectivity index (χ0n) is 15.4. The highest BCUT2D eigenvalue weighted by atomic mass is 79.9. The Morgan fingerprint density at radius 3 is 2.48 bits per heavy atom. The molecule has 2 aromatic carbocycles. The second-order valence-electron chi connectivity index (χ2n) is 5.71. The third kappa shape index (κ3) is 6.50. The third-order valence-electron chi connectivity index (χ3n) is 3.75. The molecule has 2 rings (SSSR count). The van der Waals surface area contributed by atoms with Crippen LogP contribution in [0.4, 0.5) is 5.69 Å². The minimum Gasteiger partial charge on any atom is -0.490 e. The van der Waals surface area contributed by atoms with Gasteiger partial charge < -0.3 is 19.5 Å². The minimum absolute atomic E-state index is 0.0572. The Kier molecular flexibility index (Phi) is 8.50. The normalized spacial score (nSPS) is 10.6. The molecule has 0 saturated heterocycles. The summed E-state index contributed by atoms with van der Waals surface area (Å²) in [4.78, 5) is 10.3. The molecule has 0 aliphatic carbocycles. The summed E-state index contributed by atoms with van der Waals surface area (Å²) < 4.78 is 17.5. The molecule has 146 valence electrons. The van der Waals surface area contributed by atoms with E-state index < -0.39 is 4.92 Å². The molecule has 0 unspecified atom stereocenters. The van der Waals surface area contributed by atoms with Gasteiger partial charge in [0.1, 0.15) is 6.61 Å². The standard InChI is InChI=1S/C19H23BrN2O5/c1-3-26-18-10-15(12-21-8-9-25-2)17(20)11-19(18)27-13-14-4-6-16(7-5-14)22(23)24/h4-7,10-11,21H,3,8-9,12-13H2,1-2H3. The fourth-order valence-electron chi connectivity index (χ4n) is 2.37. The monoisotopic (exact) mass is 438 g/mol. The van der Waals surface area contributed by atoms with Crippen LogP contribution in [0.15, 0.2) is 40.9 Å². The minimum atomic E-state index is -0.422. The van der Waals surface area contributed by atoms with E-state index in [4.69, 9.17) is 14.2 Å². The van der Waals surface area contributed by atoms with Crippen molar-refractivity contribution < 1.29 is 19.1 Å². The number of hydrogen-bond donors (Lipinski definition) is 1. The highest BCUT2D eigenvalue weighted by molar-refractivity contribution is 9.10. The maximum absolute atomic E-state index is 10.7. The van der Waals surface area contributed by atoms with Gasteiger partial charge in [-0.2, -0.15) is 0 Å². The molecule has 7 nitrogen and oxygen atoms in total. The Morgan fingerprint density at radius 2 is 1.85 bits per heavy atom. The van der Waals surface area contributed by atoms with E-state index in [1.54, 1.807) is 19.2 Å². The lowest BCUT2D eigenvalue weighted by molar-refractivity contribution is -0.384. The Bertz CT molecular complexity index is 753. The van der Waals surface area contributed by atoms with E-state index in [2.05, 4.69) is 21.2 Å². The van der Waals surface area contributed by atoms with Gasteiger partial charge in [0, 0.05) is 36.8 Å². The molecule has 0 saturated carbocycles. The van der Waals surface area contributed by atoms with Crippen LogP contribution in [0, 0.1) is 10.1 Å². The average molecular weight is 439 g/mol. The number of benzene rings is 2. The first-order valence-electron chi connectivity index (χ1n) is 8.56. The van der Waals surface area contributed by atoms with E-state index in [0.29, 0.717) is 31.3 Å². The van der Waals surface area contributed by atoms with Crippen molar-refractivity contribution in [1.29, 1.82) is 0 Å². The van der Waals surface area contributed by atoms with Crippen LogP contribution in [0.3, 0.4) is 0 Å². The molecule has 0 bridgehead atoms. The summed E-state index contributed by atoms with van der Waals surface area (Å²) in [6.45, 7) is 4.80. The number of nitrogens with one attached hydrogen (secondary N) is 1. The third-order valence-corrected chi connectivity index (χ3v) is 4.49. The van der Waals surface area contributed by atoms with Gasteiger partial charge in [-0.25, -0.2) is 0 Å². The number of non-ortho nitro benzene ring substituents is 1. The van der Waals surface area contributed by atoms with Crippen LogP contribution < -0.4 is 14.8 Å². The van der Waals surface area contributed by atoms with Crippen molar-refractivity contribution in [1.82, 2.24) is 5.32 Å². The Labute approximate surface area is 166 Å². The van der Waals surface area contributed by atoms with Gasteiger partial charge in [-0.05, 0) is 42.3 Å². The summed E-state index contributed by atoms with van der Waals surface area (Å²) in [6, 6.07) is 10.1. The zero-order chi connectivity index (χ0) is 19.6. The van der Waals surface area contributed by atoms with Crippen LogP contribution in [-0.4, -0.2) is 31.8 Å². The van der Waals surface area contributed by atoms with E-state index in [-0.39, 0.29) is 12.3 Å². The number of methoxy groups -OCH3 is 1. The quantitative estimate of drug-likeness (QED) is 0.323. The summed E-state index contributed by atoms with van der Waals surface area (Å²) in [7, 11) is 1.67. The maximum atomic E-state index is 10.7. The summed E-state index contributed by atoms with van der Waals surface area (Å²) >= 11 is 3.57. The Hall–Kier alpha value is -2.16. The van der Waals surface area contributed by atoms with Gasteiger partial charge in [0.15, 0.2) is 11.5 Å². The number of rotatable bonds is 11. The molecule has 8 heteroatoms. The molecule has 0 spiro atoms. The molecule has 0 heterocycles. The maximum Gasteiger partial charge on any atom is 0.269 e. The predicted octanol–water partition coefficient (Wildman–Crippen LogP) is 4.07. The highest BCUT2D eigenvalue weighted by Gasteiger charge is 2.12. The first-order valence-corrected chi connectivity index (χ1v) is 9.35. The fourth-order valence-corrected chi connectivity index (χ4v) is 2.83. The van der Waals surface area contributed by atoms with Crippen molar-refractivity contribution in [3.05, 3.63) is 62.1 Å². The van der Waals surface area contributed by atoms with Crippen molar-refractivity contribution >= 4 is 21.6 Å². The molecule has 0 amide bonds. The molecule has 27 heavy (non-hydrogen) atoms. The first-order chi connectivity index (χ1) is 13.0. The van der Waals surface area contributed by atoms with E-state index >= 15 is 0 Å². The molecule has 0 aliphatic rings. The van der Waals surface area contributed by atoms with Crippen LogP contribution in [-0.2, 0) is 17.9 Å². The van der Waals surface area contributed by atoms with Crippen molar-refractivity contribution in [2.24, 2.45) is 0 Å². The number of nitro groups is 1. The smallest absolute Gasteiger partial charge is 0.269 e. The summed E-state index contributed by atoms with van der Waals surface area (Å²) in [5.41, 5.74) is 1.95. The van der Waals surface area contributed by atoms with Crippen molar-refractivity contribution in [3.8, 4) is 11.5 Å². The fraction of sp³-hybridized carbons (Fsp3) is 0.368. The van der Waals surface area contributed by atoms with Crippen molar-refractivity contribution in [2.45, 2.75) is 20.1 Å². The molecule has 1 N–H and O–H groups in total. The van der Waals surface area contributed by atoms with Gasteiger partial charge in [-0.15, -0.1) is 0 Å². The Balaban J connectivity index is 2.07. The van der Waals surface area contributed by atoms with Crippen LogP contribution in [0.1, 0.15) is 18.1 Å². The molecule has 0 fully saturated rings. The highest BCUT2D eigenvalue weighted by Crippen LogP contribution is 2.34. The average Bonchev–Trinajstić information content (AvgIpc) is 2.66. The molecular formula is C19H23BrN2O5. The van der Waals surface area contributed by atoms with Gasteiger partial charge in [0.2, 0.25) is 0 Å². The van der Waals surface area contributed by atoms with Crippen molar-refractivity contribution in [3.63, 3.8) is 0 Å². The van der Waals surface area contributed by atoms with Gasteiger partial charge >= 0.3 is 0 Å². The van der Waals surface area contributed by atoms with Crippen LogP contribution in [0.25, 0.3) is 0 Å². The molecule has 0 atom stereocenters. The largest absolute Gasteiger partial charge is 0.490 e. The van der Waals surface area contributed by atoms with Crippen LogP contribution in [0.5, 0.6) is 11.5 Å². The topological polar surface area (TPSA) is 82.9 Å². The number of nitrogens with zero attached hydrogens (tertiary/aromatic N) is 1. The number of ether oxygens (including phenoxy) is 3. The SMILES string of the molecule is CCOc1cc(CNCCOC)c(Br)cc1OCc1ccc([N+](=O)[O-])cc1. The number of nitro benzene ring substituents is 1. The molecule has 0 aromatic heterocycles. The lowest BCUT2D eigenvalue weighted by Crippen LogP contribution is -2.18. The predicted molar refractivity (Wildman–Crippen MR) is 106 cm³/mol. The molecule has 0 radical (unpaired) electrons. The second-order valence-corrected chi connectivity index (χ2v) is 6.56. The number of hydrogen-bond acceptors (Lipinski definition) is 6. The van der Waals surface area contributed by atoms with Gasteiger partial charge in [0.05, 0.1) is 18.1 Å². The lowest BCUT2D eigenvalue weighted by Gasteiger charge is -2.15. The lowest BCUT2D eigenvalue weighted by atomic mass is 10.2. The molecular weight excluding hydrogens is 416 g/mol. The first kappa shape index (κ1) is 21.1. The summed E-state index contributed by atoms with van der Waals surface area (Å²) in [5.74, 6) is 1.27. The van der Waals surface area contributed by atoms with E-state index in [0.717, 1.165) is 22.1 Å². The van der Waals surface area contributed by atoms with E-state index in [9.17, 15) is 10.1 Å². The van der Waals surface area contributed by atoms with E-state index in [1.807, 2.05) is 19.1 Å². The number of halogens is 1. The van der Waals surface area contributed by atoms with Gasteiger partial charge in [-0.1, -0.05) is 15.9 Å². The second kappa shape index (κ2) is 10.9. The van der Waals surface area contributed by atoms with Gasteiger partial charge in [0.25, 0.3) is 5.69 Å². The van der Waals surface area contributed by atoms with Crippen LogP contribution >= 0.6 is 15.9 Å². The van der Waals surface area contributed by atoms with Crippen molar-refractivity contribution in [2.75, 3.05) is 26.9 Å². The van der Waals surface area contributed by atoms with E-state index in [1.165, 1.54) is 12.1 Å². The zero-order valence-corrected chi connectivity index (χ0v) is 17.0. The molecule has 0 aliphatic heterocycles. The summed E-state index contributed by atoms with van der Waals surface area (Å²) in [6.07, 6.45) is 0. The van der Waals surface area contributed by atoms with Crippen LogP contribution in [0.2, 0.25) is 0 Å².